The van der Waals surface area contributed by atoms with Gasteiger partial charge in [-0.3, -0.25) is 9.59 Å². The SMILES string of the molecule is CCOc1cccc(C=NNC(=O)C(NC(=O)c2ccccc2Cl)C(C)C)c1. The smallest absolute Gasteiger partial charge is 0.262 e. The summed E-state index contributed by atoms with van der Waals surface area (Å²) in [5.74, 6) is -0.229. The van der Waals surface area contributed by atoms with Gasteiger partial charge in [0.1, 0.15) is 11.8 Å². The Kier molecular flexibility index (Phi) is 8.02. The molecule has 2 aromatic rings. The first-order chi connectivity index (χ1) is 13.4. The summed E-state index contributed by atoms with van der Waals surface area (Å²) in [5, 5.41) is 7.03. The number of rotatable bonds is 8. The lowest BCUT2D eigenvalue weighted by atomic mass is 10.0. The number of benzene rings is 2. The van der Waals surface area contributed by atoms with Crippen molar-refractivity contribution >= 4 is 29.6 Å². The third kappa shape index (κ3) is 6.09. The Morgan fingerprint density at radius 2 is 1.93 bits per heavy atom. The standard InChI is InChI=1S/C21H24ClN3O3/c1-4-28-16-9-7-8-15(12-16)13-23-25-21(27)19(14(2)3)24-20(26)17-10-5-6-11-18(17)22/h5-14,19H,4H2,1-3H3,(H,24,26)(H,25,27). The molecule has 0 saturated carbocycles. The van der Waals surface area contributed by atoms with E-state index in [-0.39, 0.29) is 5.92 Å². The summed E-state index contributed by atoms with van der Waals surface area (Å²) in [5.41, 5.74) is 3.58. The van der Waals surface area contributed by atoms with E-state index in [0.717, 1.165) is 11.3 Å². The second-order valence-electron chi connectivity index (χ2n) is 6.41. The van der Waals surface area contributed by atoms with E-state index in [9.17, 15) is 9.59 Å². The van der Waals surface area contributed by atoms with Crippen molar-refractivity contribution in [1.29, 1.82) is 0 Å². The second kappa shape index (κ2) is 10.5. The monoisotopic (exact) mass is 401 g/mol. The molecule has 0 aliphatic rings. The summed E-state index contributed by atoms with van der Waals surface area (Å²) in [6.07, 6.45) is 1.52. The molecule has 2 N–H and O–H groups in total. The predicted molar refractivity (Wildman–Crippen MR) is 111 cm³/mol. The molecular weight excluding hydrogens is 378 g/mol. The van der Waals surface area contributed by atoms with Crippen LogP contribution in [-0.4, -0.2) is 30.7 Å². The summed E-state index contributed by atoms with van der Waals surface area (Å²) in [6.45, 7) is 6.15. The Labute approximate surface area is 169 Å². The number of hydrogen-bond donors (Lipinski definition) is 2. The highest BCUT2D eigenvalue weighted by molar-refractivity contribution is 6.33. The van der Waals surface area contributed by atoms with E-state index in [1.807, 2.05) is 45.0 Å². The van der Waals surface area contributed by atoms with Crippen molar-refractivity contribution in [3.05, 3.63) is 64.7 Å². The number of hydrazone groups is 1. The molecular formula is C21H24ClN3O3. The lowest BCUT2D eigenvalue weighted by Gasteiger charge is -2.20. The summed E-state index contributed by atoms with van der Waals surface area (Å²) in [6, 6.07) is 13.3. The molecule has 1 atom stereocenters. The molecule has 0 spiro atoms. The van der Waals surface area contributed by atoms with Crippen molar-refractivity contribution in [1.82, 2.24) is 10.7 Å². The van der Waals surface area contributed by atoms with Gasteiger partial charge in [-0.2, -0.15) is 5.10 Å². The zero-order valence-electron chi connectivity index (χ0n) is 16.1. The van der Waals surface area contributed by atoms with Crippen LogP contribution in [0.15, 0.2) is 53.6 Å². The molecule has 0 heterocycles. The van der Waals surface area contributed by atoms with Crippen molar-refractivity contribution in [2.45, 2.75) is 26.8 Å². The van der Waals surface area contributed by atoms with Gasteiger partial charge in [-0.05, 0) is 42.7 Å². The molecule has 0 bridgehead atoms. The quantitative estimate of drug-likeness (QED) is 0.523. The Bertz CT molecular complexity index is 852. The number of carbonyl (C=O) groups excluding carboxylic acids is 2. The summed E-state index contributed by atoms with van der Waals surface area (Å²) >= 11 is 6.05. The number of halogens is 1. The zero-order chi connectivity index (χ0) is 20.5. The van der Waals surface area contributed by atoms with E-state index in [2.05, 4.69) is 15.8 Å². The van der Waals surface area contributed by atoms with Gasteiger partial charge in [-0.25, -0.2) is 5.43 Å². The van der Waals surface area contributed by atoms with Crippen LogP contribution in [0.1, 0.15) is 36.7 Å². The summed E-state index contributed by atoms with van der Waals surface area (Å²) in [7, 11) is 0. The fourth-order valence-corrected chi connectivity index (χ4v) is 2.71. The Morgan fingerprint density at radius 3 is 2.61 bits per heavy atom. The molecule has 28 heavy (non-hydrogen) atoms. The third-order valence-electron chi connectivity index (χ3n) is 3.91. The van der Waals surface area contributed by atoms with Crippen LogP contribution in [0.4, 0.5) is 0 Å². The van der Waals surface area contributed by atoms with Crippen molar-refractivity contribution in [3.63, 3.8) is 0 Å². The van der Waals surface area contributed by atoms with Crippen LogP contribution >= 0.6 is 11.6 Å². The maximum absolute atomic E-state index is 12.5. The van der Waals surface area contributed by atoms with Gasteiger partial charge < -0.3 is 10.1 Å². The minimum atomic E-state index is -0.754. The number of amides is 2. The van der Waals surface area contributed by atoms with E-state index in [1.165, 1.54) is 6.21 Å². The lowest BCUT2D eigenvalue weighted by Crippen LogP contribution is -2.48. The van der Waals surface area contributed by atoms with Crippen LogP contribution < -0.4 is 15.5 Å². The molecule has 2 amide bonds. The van der Waals surface area contributed by atoms with Gasteiger partial charge in [0.05, 0.1) is 23.4 Å². The lowest BCUT2D eigenvalue weighted by molar-refractivity contribution is -0.123. The van der Waals surface area contributed by atoms with E-state index < -0.39 is 17.9 Å². The minimum Gasteiger partial charge on any atom is -0.494 e. The first-order valence-electron chi connectivity index (χ1n) is 9.03. The van der Waals surface area contributed by atoms with Gasteiger partial charge in [-0.15, -0.1) is 0 Å². The molecule has 0 aromatic heterocycles. The largest absolute Gasteiger partial charge is 0.494 e. The molecule has 0 fully saturated rings. The van der Waals surface area contributed by atoms with Crippen molar-refractivity contribution < 1.29 is 14.3 Å². The van der Waals surface area contributed by atoms with E-state index in [4.69, 9.17) is 16.3 Å². The van der Waals surface area contributed by atoms with Gasteiger partial charge in [0.15, 0.2) is 0 Å². The van der Waals surface area contributed by atoms with E-state index in [1.54, 1.807) is 24.3 Å². The van der Waals surface area contributed by atoms with Crippen LogP contribution in [0.25, 0.3) is 0 Å². The molecule has 148 valence electrons. The molecule has 0 aliphatic heterocycles. The number of ether oxygens (including phenoxy) is 1. The first-order valence-corrected chi connectivity index (χ1v) is 9.41. The highest BCUT2D eigenvalue weighted by Gasteiger charge is 2.25. The molecule has 0 saturated heterocycles. The Balaban J connectivity index is 2.02. The highest BCUT2D eigenvalue weighted by Crippen LogP contribution is 2.15. The minimum absolute atomic E-state index is 0.136. The first kappa shape index (κ1) is 21.4. The fraction of sp³-hybridized carbons (Fsp3) is 0.286. The molecule has 0 aliphatic carbocycles. The maximum Gasteiger partial charge on any atom is 0.262 e. The Hall–Kier alpha value is -2.86. The second-order valence-corrected chi connectivity index (χ2v) is 6.82. The van der Waals surface area contributed by atoms with Crippen LogP contribution in [0, 0.1) is 5.92 Å². The van der Waals surface area contributed by atoms with Crippen molar-refractivity contribution in [2.75, 3.05) is 6.61 Å². The van der Waals surface area contributed by atoms with Gasteiger partial charge >= 0.3 is 0 Å². The average molecular weight is 402 g/mol. The summed E-state index contributed by atoms with van der Waals surface area (Å²) in [4.78, 5) is 25.0. The normalized spacial score (nSPS) is 12.0. The van der Waals surface area contributed by atoms with Gasteiger partial charge in [-0.1, -0.05) is 49.7 Å². The summed E-state index contributed by atoms with van der Waals surface area (Å²) < 4.78 is 5.43. The van der Waals surface area contributed by atoms with Gasteiger partial charge in [0.2, 0.25) is 0 Å². The number of nitrogens with one attached hydrogen (secondary N) is 2. The van der Waals surface area contributed by atoms with Gasteiger partial charge in [0, 0.05) is 0 Å². The molecule has 1 unspecified atom stereocenters. The average Bonchev–Trinajstić information content (AvgIpc) is 2.66. The highest BCUT2D eigenvalue weighted by atomic mass is 35.5. The molecule has 2 rings (SSSR count). The van der Waals surface area contributed by atoms with E-state index in [0.29, 0.717) is 17.2 Å². The Morgan fingerprint density at radius 1 is 1.18 bits per heavy atom. The zero-order valence-corrected chi connectivity index (χ0v) is 16.9. The number of carbonyl (C=O) groups is 2. The van der Waals surface area contributed by atoms with Crippen LogP contribution in [0.5, 0.6) is 5.75 Å². The fourth-order valence-electron chi connectivity index (χ4n) is 2.49. The molecule has 0 radical (unpaired) electrons. The number of nitrogens with zero attached hydrogens (tertiary/aromatic N) is 1. The maximum atomic E-state index is 12.5. The van der Waals surface area contributed by atoms with Crippen molar-refractivity contribution in [3.8, 4) is 5.75 Å². The topological polar surface area (TPSA) is 79.8 Å². The van der Waals surface area contributed by atoms with Crippen LogP contribution in [-0.2, 0) is 4.79 Å². The van der Waals surface area contributed by atoms with Crippen molar-refractivity contribution in [2.24, 2.45) is 11.0 Å². The molecule has 7 heteroatoms. The molecule has 2 aromatic carbocycles. The third-order valence-corrected chi connectivity index (χ3v) is 4.24. The predicted octanol–water partition coefficient (Wildman–Crippen LogP) is 3.64. The number of hydrogen-bond acceptors (Lipinski definition) is 4. The van der Waals surface area contributed by atoms with E-state index >= 15 is 0 Å². The van der Waals surface area contributed by atoms with Crippen LogP contribution in [0.3, 0.4) is 0 Å². The van der Waals surface area contributed by atoms with Gasteiger partial charge in [0.25, 0.3) is 11.8 Å². The van der Waals surface area contributed by atoms with Crippen LogP contribution in [0.2, 0.25) is 5.02 Å². The molecule has 6 nitrogen and oxygen atoms in total.